The largest absolute Gasteiger partial charge is 0.496 e. The van der Waals surface area contributed by atoms with Gasteiger partial charge in [-0.3, -0.25) is 0 Å². The van der Waals surface area contributed by atoms with Crippen LogP contribution in [0.2, 0.25) is 25.7 Å². The molecule has 1 atom stereocenters. The molecule has 1 aliphatic heterocycles. The Morgan fingerprint density at radius 1 is 1.30 bits per heavy atom. The third-order valence-corrected chi connectivity index (χ3v) is 7.71. The minimum atomic E-state index is -1.00. The summed E-state index contributed by atoms with van der Waals surface area (Å²) in [6.45, 7) is 14.4. The van der Waals surface area contributed by atoms with Crippen molar-refractivity contribution < 1.29 is 14.3 Å². The number of methoxy groups -OCH3 is 1. The molecular weight excluding hydrogens is 374 g/mol. The predicted octanol–water partition coefficient (Wildman–Crippen LogP) is 5.85. The quantitative estimate of drug-likeness (QED) is 0.436. The molecule has 1 heterocycles. The maximum atomic E-state index is 12.3. The average Bonchev–Trinajstić information content (AvgIpc) is 3.02. The third kappa shape index (κ3) is 7.07. The van der Waals surface area contributed by atoms with Gasteiger partial charge in [0.15, 0.2) is 0 Å². The molecule has 1 amide bonds. The van der Waals surface area contributed by atoms with Crippen LogP contribution in [0.5, 0.6) is 5.75 Å². The first-order valence-corrected chi connectivity index (χ1v) is 14.5. The van der Waals surface area contributed by atoms with Crippen molar-refractivity contribution in [2.45, 2.75) is 69.3 Å². The number of hydrogen-bond donors (Lipinski definition) is 0. The number of nitrogens with zero attached hydrogens (tertiary/aromatic N) is 1. The molecule has 0 spiro atoms. The Morgan fingerprint density at radius 2 is 2.00 bits per heavy atom. The van der Waals surface area contributed by atoms with Crippen molar-refractivity contribution in [1.82, 2.24) is 4.90 Å². The van der Waals surface area contributed by atoms with Crippen LogP contribution in [-0.4, -0.2) is 50.6 Å². The Kier molecular flexibility index (Phi) is 7.31. The molecule has 1 saturated heterocycles. The number of likely N-dealkylation sites (tertiary alicyclic amines) is 1. The predicted molar refractivity (Wildman–Crippen MR) is 117 cm³/mol. The van der Waals surface area contributed by atoms with Crippen LogP contribution in [0.15, 0.2) is 23.1 Å². The Labute approximate surface area is 170 Å². The first-order valence-electron chi connectivity index (χ1n) is 9.77. The van der Waals surface area contributed by atoms with E-state index in [4.69, 9.17) is 9.47 Å². The van der Waals surface area contributed by atoms with Crippen LogP contribution >= 0.6 is 11.8 Å². The van der Waals surface area contributed by atoms with Crippen molar-refractivity contribution >= 4 is 25.9 Å². The zero-order valence-corrected chi connectivity index (χ0v) is 19.7. The second-order valence-corrected chi connectivity index (χ2v) is 16.3. The summed E-state index contributed by atoms with van der Waals surface area (Å²) >= 11 is 1.91. The van der Waals surface area contributed by atoms with Crippen LogP contribution in [0.4, 0.5) is 4.79 Å². The zero-order chi connectivity index (χ0) is 20.2. The maximum Gasteiger partial charge on any atom is 0.410 e. The van der Waals surface area contributed by atoms with Gasteiger partial charge in [0.2, 0.25) is 0 Å². The molecule has 2 rings (SSSR count). The number of rotatable bonds is 6. The lowest BCUT2D eigenvalue weighted by Gasteiger charge is -2.24. The van der Waals surface area contributed by atoms with Crippen molar-refractivity contribution in [3.05, 3.63) is 23.8 Å². The van der Waals surface area contributed by atoms with Gasteiger partial charge in [0.05, 0.1) is 7.11 Å². The average molecular weight is 410 g/mol. The lowest BCUT2D eigenvalue weighted by atomic mass is 9.97. The van der Waals surface area contributed by atoms with Gasteiger partial charge in [0.1, 0.15) is 11.4 Å². The number of carbonyl (C=O) groups excluding carboxylic acids is 1. The number of ether oxygens (including phenoxy) is 2. The van der Waals surface area contributed by atoms with Crippen LogP contribution in [-0.2, 0) is 4.74 Å². The number of carbonyl (C=O) groups is 1. The second-order valence-electron chi connectivity index (χ2n) is 9.47. The summed E-state index contributed by atoms with van der Waals surface area (Å²) in [5, 5.41) is 0. The molecule has 0 aromatic heterocycles. The van der Waals surface area contributed by atoms with Gasteiger partial charge in [0, 0.05) is 32.0 Å². The van der Waals surface area contributed by atoms with Crippen LogP contribution in [0.25, 0.3) is 0 Å². The first kappa shape index (κ1) is 22.1. The minimum absolute atomic E-state index is 0.220. The number of amides is 1. The van der Waals surface area contributed by atoms with Crippen molar-refractivity contribution in [2.24, 2.45) is 0 Å². The first-order chi connectivity index (χ1) is 12.5. The van der Waals surface area contributed by atoms with Crippen molar-refractivity contribution in [3.8, 4) is 5.75 Å². The van der Waals surface area contributed by atoms with Crippen LogP contribution in [0.1, 0.15) is 38.7 Å². The number of benzene rings is 1. The fourth-order valence-corrected chi connectivity index (χ4v) is 6.55. The maximum absolute atomic E-state index is 12.3. The van der Waals surface area contributed by atoms with Crippen LogP contribution in [0, 0.1) is 0 Å². The van der Waals surface area contributed by atoms with E-state index in [0.29, 0.717) is 12.5 Å². The summed E-state index contributed by atoms with van der Waals surface area (Å²) in [7, 11) is 0.730. The molecular formula is C21H35NO3SSi. The molecule has 1 aromatic rings. The molecule has 27 heavy (non-hydrogen) atoms. The Bertz CT molecular complexity index is 652. The van der Waals surface area contributed by atoms with E-state index >= 15 is 0 Å². The Morgan fingerprint density at radius 3 is 2.59 bits per heavy atom. The topological polar surface area (TPSA) is 38.8 Å². The van der Waals surface area contributed by atoms with Crippen molar-refractivity contribution in [2.75, 3.05) is 26.0 Å². The van der Waals surface area contributed by atoms with E-state index in [1.165, 1.54) is 16.5 Å². The molecule has 4 nitrogen and oxygen atoms in total. The van der Waals surface area contributed by atoms with Gasteiger partial charge in [0.25, 0.3) is 0 Å². The second kappa shape index (κ2) is 8.91. The fraction of sp³-hybridized carbons (Fsp3) is 0.667. The Balaban J connectivity index is 2.01. The van der Waals surface area contributed by atoms with Gasteiger partial charge in [-0.15, -0.1) is 11.8 Å². The number of hydrogen-bond acceptors (Lipinski definition) is 4. The summed E-state index contributed by atoms with van der Waals surface area (Å²) in [6.07, 6.45) is 0.722. The zero-order valence-electron chi connectivity index (χ0n) is 17.9. The van der Waals surface area contributed by atoms with Crippen LogP contribution in [0.3, 0.4) is 0 Å². The smallest absolute Gasteiger partial charge is 0.410 e. The highest BCUT2D eigenvalue weighted by atomic mass is 32.2. The molecule has 0 aliphatic carbocycles. The van der Waals surface area contributed by atoms with Gasteiger partial charge in [-0.2, -0.15) is 0 Å². The molecule has 6 heteroatoms. The molecule has 0 radical (unpaired) electrons. The molecule has 1 fully saturated rings. The van der Waals surface area contributed by atoms with E-state index in [2.05, 4.69) is 37.8 Å². The normalized spacial score (nSPS) is 17.9. The van der Waals surface area contributed by atoms with Gasteiger partial charge >= 0.3 is 6.09 Å². The molecule has 0 N–H and O–H groups in total. The summed E-state index contributed by atoms with van der Waals surface area (Å²) < 4.78 is 11.2. The van der Waals surface area contributed by atoms with E-state index in [0.717, 1.165) is 24.5 Å². The highest BCUT2D eigenvalue weighted by Gasteiger charge is 2.31. The molecule has 0 bridgehead atoms. The van der Waals surface area contributed by atoms with E-state index in [1.807, 2.05) is 37.4 Å². The lowest BCUT2D eigenvalue weighted by Crippen LogP contribution is -2.35. The van der Waals surface area contributed by atoms with Gasteiger partial charge in [-0.05, 0) is 56.7 Å². The van der Waals surface area contributed by atoms with Crippen LogP contribution < -0.4 is 4.74 Å². The van der Waals surface area contributed by atoms with Gasteiger partial charge in [-0.1, -0.05) is 25.7 Å². The number of thioether (sulfide) groups is 1. The van der Waals surface area contributed by atoms with E-state index in [1.54, 1.807) is 7.11 Å². The lowest BCUT2D eigenvalue weighted by molar-refractivity contribution is 0.0292. The molecule has 1 unspecified atom stereocenters. The van der Waals surface area contributed by atoms with E-state index < -0.39 is 13.7 Å². The summed E-state index contributed by atoms with van der Waals surface area (Å²) in [5.41, 5.74) is 0.736. The van der Waals surface area contributed by atoms with Gasteiger partial charge < -0.3 is 14.4 Å². The molecule has 0 saturated carbocycles. The van der Waals surface area contributed by atoms with E-state index in [-0.39, 0.29) is 6.09 Å². The fourth-order valence-electron chi connectivity index (χ4n) is 3.10. The monoisotopic (exact) mass is 409 g/mol. The van der Waals surface area contributed by atoms with Crippen molar-refractivity contribution in [1.29, 1.82) is 0 Å². The Hall–Kier alpha value is -1.14. The van der Waals surface area contributed by atoms with E-state index in [9.17, 15) is 4.79 Å². The molecule has 1 aliphatic rings. The summed E-state index contributed by atoms with van der Waals surface area (Å²) in [6, 6.07) is 7.84. The van der Waals surface area contributed by atoms with Gasteiger partial charge in [-0.25, -0.2) is 4.79 Å². The van der Waals surface area contributed by atoms with Crippen molar-refractivity contribution in [3.63, 3.8) is 0 Å². The minimum Gasteiger partial charge on any atom is -0.496 e. The summed E-state index contributed by atoms with van der Waals surface area (Å²) in [5.74, 6) is 2.39. The summed E-state index contributed by atoms with van der Waals surface area (Å²) in [4.78, 5) is 15.4. The molecule has 1 aromatic carbocycles. The standard InChI is InChI=1S/C21H35NO3SSi/c1-21(2,3)25-20(23)22-11-10-16(15-22)18-9-8-17(14-19(18)24-4)26-12-13-27(5,6)7/h8-9,14,16H,10-13,15H2,1-7H3. The SMILES string of the molecule is COc1cc(SCC[Si](C)(C)C)ccc1C1CCN(C(=O)OC(C)(C)C)C1. The highest BCUT2D eigenvalue weighted by Crippen LogP contribution is 2.37. The third-order valence-electron chi connectivity index (χ3n) is 4.61. The highest BCUT2D eigenvalue weighted by molar-refractivity contribution is 7.99. The molecule has 152 valence electrons.